The first kappa shape index (κ1) is 20.7. The first-order valence-electron chi connectivity index (χ1n) is 11.0. The number of primary amides is 1. The van der Waals surface area contributed by atoms with Gasteiger partial charge in [0.15, 0.2) is 0 Å². The van der Waals surface area contributed by atoms with Crippen molar-refractivity contribution in [2.75, 3.05) is 13.1 Å². The molecule has 0 bridgehead atoms. The Hall–Kier alpha value is -3.18. The van der Waals surface area contributed by atoms with Gasteiger partial charge < -0.3 is 10.6 Å². The van der Waals surface area contributed by atoms with Crippen LogP contribution < -0.4 is 5.73 Å². The van der Waals surface area contributed by atoms with Gasteiger partial charge in [0.25, 0.3) is 5.91 Å². The van der Waals surface area contributed by atoms with Gasteiger partial charge in [0.1, 0.15) is 0 Å². The van der Waals surface area contributed by atoms with Gasteiger partial charge in [0, 0.05) is 23.5 Å². The Morgan fingerprint density at radius 3 is 2.69 bits per heavy atom. The molecule has 1 aliphatic heterocycles. The summed E-state index contributed by atoms with van der Waals surface area (Å²) in [5.74, 6) is -0.661. The number of nitrogens with two attached hydrogens (primary N) is 1. The Morgan fingerprint density at radius 1 is 1.09 bits per heavy atom. The molecule has 1 fully saturated rings. The van der Waals surface area contributed by atoms with Crippen LogP contribution in [0.2, 0.25) is 5.02 Å². The van der Waals surface area contributed by atoms with Crippen LogP contribution in [0.1, 0.15) is 46.4 Å². The van der Waals surface area contributed by atoms with Crippen molar-refractivity contribution in [2.24, 2.45) is 11.7 Å². The highest BCUT2D eigenvalue weighted by Crippen LogP contribution is 2.39. The monoisotopic (exact) mass is 445 g/mol. The van der Waals surface area contributed by atoms with E-state index in [0.717, 1.165) is 59.0 Å². The van der Waals surface area contributed by atoms with Gasteiger partial charge in [0.2, 0.25) is 5.91 Å². The number of carbonyl (C=O) groups is 2. The number of halogens is 1. The molecule has 162 valence electrons. The predicted octanol–water partition coefficient (Wildman–Crippen LogP) is 4.71. The second-order valence-corrected chi connectivity index (χ2v) is 8.92. The molecule has 2 heterocycles. The predicted molar refractivity (Wildman–Crippen MR) is 127 cm³/mol. The summed E-state index contributed by atoms with van der Waals surface area (Å²) in [4.78, 5) is 32.3. The van der Waals surface area contributed by atoms with E-state index in [1.54, 1.807) is 4.90 Å². The number of allylic oxidation sites excluding steroid dienone is 1. The number of para-hydroxylation sites is 1. The van der Waals surface area contributed by atoms with Crippen molar-refractivity contribution in [1.29, 1.82) is 0 Å². The maximum absolute atomic E-state index is 13.8. The molecule has 1 aliphatic carbocycles. The Labute approximate surface area is 191 Å². The zero-order valence-corrected chi connectivity index (χ0v) is 18.4. The number of pyridine rings is 1. The molecule has 2 N–H and O–H groups in total. The minimum Gasteiger partial charge on any atom is -0.369 e. The summed E-state index contributed by atoms with van der Waals surface area (Å²) in [6.07, 6.45) is 5.14. The van der Waals surface area contributed by atoms with Crippen LogP contribution in [0.25, 0.3) is 22.6 Å². The summed E-state index contributed by atoms with van der Waals surface area (Å²) in [5, 5.41) is 1.55. The molecule has 1 unspecified atom stereocenters. The zero-order chi connectivity index (χ0) is 22.2. The van der Waals surface area contributed by atoms with Crippen LogP contribution in [0.15, 0.2) is 48.5 Å². The van der Waals surface area contributed by atoms with E-state index < -0.39 is 0 Å². The van der Waals surface area contributed by atoms with Gasteiger partial charge in [-0.25, -0.2) is 4.98 Å². The Kier molecular flexibility index (Phi) is 5.43. The van der Waals surface area contributed by atoms with Gasteiger partial charge in [-0.3, -0.25) is 9.59 Å². The van der Waals surface area contributed by atoms with E-state index >= 15 is 0 Å². The fourth-order valence-electron chi connectivity index (χ4n) is 4.86. The van der Waals surface area contributed by atoms with Crippen molar-refractivity contribution < 1.29 is 9.59 Å². The van der Waals surface area contributed by atoms with Crippen molar-refractivity contribution in [3.8, 4) is 0 Å². The van der Waals surface area contributed by atoms with Crippen molar-refractivity contribution in [1.82, 2.24) is 9.88 Å². The molecule has 2 aromatic carbocycles. The summed E-state index contributed by atoms with van der Waals surface area (Å²) in [7, 11) is 0. The lowest BCUT2D eigenvalue weighted by molar-refractivity contribution is -0.123. The topological polar surface area (TPSA) is 76.3 Å². The third-order valence-electron chi connectivity index (χ3n) is 6.50. The summed E-state index contributed by atoms with van der Waals surface area (Å²) >= 11 is 6.38. The summed E-state index contributed by atoms with van der Waals surface area (Å²) in [5.41, 5.74) is 10.9. The average molecular weight is 446 g/mol. The van der Waals surface area contributed by atoms with Crippen molar-refractivity contribution >= 4 is 46.0 Å². The number of fused-ring (bicyclic) bond motifs is 2. The fourth-order valence-corrected chi connectivity index (χ4v) is 5.05. The number of aromatic nitrogens is 1. The standard InChI is InChI=1S/C26H24ClN3O2/c27-21-9-3-1-6-16(21)14-17-11-12-20-23(19-8-2-4-10-22(19)29-24(17)20)26(32)30-13-5-7-18(15-30)25(28)31/h1-4,6,8-10,14,18H,5,7,11-13,15H2,(H2,28,31). The highest BCUT2D eigenvalue weighted by molar-refractivity contribution is 6.32. The summed E-state index contributed by atoms with van der Waals surface area (Å²) < 4.78 is 0. The molecule has 0 spiro atoms. The molecule has 0 saturated carbocycles. The van der Waals surface area contributed by atoms with Crippen LogP contribution in [0.4, 0.5) is 0 Å². The fraction of sp³-hybridized carbons (Fsp3) is 0.269. The van der Waals surface area contributed by atoms with Crippen molar-refractivity contribution in [2.45, 2.75) is 25.7 Å². The van der Waals surface area contributed by atoms with Gasteiger partial charge in [0.05, 0.1) is 22.7 Å². The van der Waals surface area contributed by atoms with Gasteiger partial charge in [-0.1, -0.05) is 48.0 Å². The minimum atomic E-state index is -0.336. The normalized spacial score (nSPS) is 19.3. The van der Waals surface area contributed by atoms with Gasteiger partial charge in [-0.05, 0) is 60.6 Å². The van der Waals surface area contributed by atoms with E-state index in [9.17, 15) is 9.59 Å². The van der Waals surface area contributed by atoms with E-state index in [1.165, 1.54) is 0 Å². The number of rotatable bonds is 3. The SMILES string of the molecule is NC(=O)C1CCCN(C(=O)c2c3c(nc4ccccc24)C(=Cc2ccccc2Cl)CC3)C1. The van der Waals surface area contributed by atoms with Crippen LogP contribution in [0.5, 0.6) is 0 Å². The summed E-state index contributed by atoms with van der Waals surface area (Å²) in [6.45, 7) is 1.01. The molecule has 2 aliphatic rings. The van der Waals surface area contributed by atoms with Crippen LogP contribution in [0, 0.1) is 5.92 Å². The van der Waals surface area contributed by atoms with Crippen LogP contribution in [-0.2, 0) is 11.2 Å². The number of nitrogens with zero attached hydrogens (tertiary/aromatic N) is 2. The first-order chi connectivity index (χ1) is 15.5. The molecule has 0 radical (unpaired) electrons. The number of likely N-dealkylation sites (tertiary alicyclic amines) is 1. The van der Waals surface area contributed by atoms with E-state index in [-0.39, 0.29) is 17.7 Å². The Morgan fingerprint density at radius 2 is 1.88 bits per heavy atom. The molecule has 6 heteroatoms. The first-order valence-corrected chi connectivity index (χ1v) is 11.4. The lowest BCUT2D eigenvalue weighted by Crippen LogP contribution is -2.44. The molecule has 5 rings (SSSR count). The Bertz CT molecular complexity index is 1270. The number of hydrogen-bond donors (Lipinski definition) is 1. The van der Waals surface area contributed by atoms with Gasteiger partial charge in [-0.2, -0.15) is 0 Å². The lowest BCUT2D eigenvalue weighted by atomic mass is 9.94. The molecule has 1 aromatic heterocycles. The molecule has 1 atom stereocenters. The van der Waals surface area contributed by atoms with Crippen LogP contribution in [0.3, 0.4) is 0 Å². The van der Waals surface area contributed by atoms with Crippen LogP contribution in [-0.4, -0.2) is 34.8 Å². The third-order valence-corrected chi connectivity index (χ3v) is 6.85. The number of amides is 2. The number of piperidine rings is 1. The molecule has 1 saturated heterocycles. The highest BCUT2D eigenvalue weighted by atomic mass is 35.5. The number of benzene rings is 2. The second-order valence-electron chi connectivity index (χ2n) is 8.51. The van der Waals surface area contributed by atoms with E-state index in [1.807, 2.05) is 48.5 Å². The molecule has 5 nitrogen and oxygen atoms in total. The average Bonchev–Trinajstić information content (AvgIpc) is 3.20. The third kappa shape index (κ3) is 3.67. The number of hydrogen-bond acceptors (Lipinski definition) is 3. The maximum Gasteiger partial charge on any atom is 0.254 e. The van der Waals surface area contributed by atoms with Gasteiger partial charge in [-0.15, -0.1) is 0 Å². The minimum absolute atomic E-state index is 0.0372. The molecular formula is C26H24ClN3O2. The smallest absolute Gasteiger partial charge is 0.254 e. The Balaban J connectivity index is 1.62. The van der Waals surface area contributed by atoms with Gasteiger partial charge >= 0.3 is 0 Å². The molecule has 32 heavy (non-hydrogen) atoms. The quantitative estimate of drug-likeness (QED) is 0.634. The van der Waals surface area contributed by atoms with Crippen molar-refractivity contribution in [3.05, 3.63) is 75.9 Å². The van der Waals surface area contributed by atoms with E-state index in [0.29, 0.717) is 23.7 Å². The lowest BCUT2D eigenvalue weighted by Gasteiger charge is -2.32. The number of carbonyl (C=O) groups excluding carboxylic acids is 2. The highest BCUT2D eigenvalue weighted by Gasteiger charge is 2.32. The molecule has 3 aromatic rings. The second kappa shape index (κ2) is 8.40. The molecule has 2 amide bonds. The van der Waals surface area contributed by atoms with E-state index in [4.69, 9.17) is 22.3 Å². The van der Waals surface area contributed by atoms with E-state index in [2.05, 4.69) is 6.08 Å². The largest absolute Gasteiger partial charge is 0.369 e. The van der Waals surface area contributed by atoms with Crippen LogP contribution >= 0.6 is 11.6 Å². The van der Waals surface area contributed by atoms with Crippen molar-refractivity contribution in [3.63, 3.8) is 0 Å². The summed E-state index contributed by atoms with van der Waals surface area (Å²) in [6, 6.07) is 15.5. The zero-order valence-electron chi connectivity index (χ0n) is 17.7. The maximum atomic E-state index is 13.8. The molecular weight excluding hydrogens is 422 g/mol.